The number of hydrogen-bond donors (Lipinski definition) is 2. The lowest BCUT2D eigenvalue weighted by Crippen LogP contribution is -2.47. The summed E-state index contributed by atoms with van der Waals surface area (Å²) in [6.45, 7) is 0.361. The van der Waals surface area contributed by atoms with Crippen molar-refractivity contribution in [2.24, 2.45) is 0 Å². The van der Waals surface area contributed by atoms with Crippen LogP contribution in [0.2, 0.25) is 0 Å². The minimum atomic E-state index is -4.86. The Bertz CT molecular complexity index is 1070. The molecule has 1 amide bonds. The molecule has 2 aliphatic rings. The van der Waals surface area contributed by atoms with Gasteiger partial charge in [0, 0.05) is 29.1 Å². The smallest absolute Gasteiger partial charge is 0.395 e. The maximum absolute atomic E-state index is 14.5. The fourth-order valence-electron chi connectivity index (χ4n) is 5.10. The van der Waals surface area contributed by atoms with Gasteiger partial charge in [0.05, 0.1) is 6.61 Å². The van der Waals surface area contributed by atoms with Crippen LogP contribution in [-0.2, 0) is 11.0 Å². The molecule has 35 heavy (non-hydrogen) atoms. The standard InChI is InChI=1S/C26H28F5NO3/c1-24(35,26(29,30)31)17-4-2-16(3-5-17)23(34)32(19-7-8-19)20-10-12-25(15-33,13-11-20)21-9-6-18(27)14-22(21)28/h2-6,9,14,19-20,33,35H,7-8,10-13,15H2,1H3/t20?,24-,25?/m0/s1. The van der Waals surface area contributed by atoms with Crippen LogP contribution in [0.15, 0.2) is 42.5 Å². The molecule has 4 rings (SSSR count). The van der Waals surface area contributed by atoms with Gasteiger partial charge < -0.3 is 15.1 Å². The minimum absolute atomic E-state index is 0.0228. The fraction of sp³-hybridized carbons (Fsp3) is 0.500. The zero-order valence-electron chi connectivity index (χ0n) is 19.3. The SMILES string of the molecule is C[C@](O)(c1ccc(C(=O)N(C2CC2)C2CCC(CO)(c3ccc(F)cc3F)CC2)cc1)C(F)(F)F. The maximum Gasteiger partial charge on any atom is 0.421 e. The van der Waals surface area contributed by atoms with Gasteiger partial charge in [-0.15, -0.1) is 0 Å². The second-order valence-electron chi connectivity index (χ2n) is 9.88. The molecule has 0 radical (unpaired) electrons. The summed E-state index contributed by atoms with van der Waals surface area (Å²) in [5.74, 6) is -1.70. The molecule has 2 aromatic rings. The molecule has 0 spiro atoms. The molecule has 9 heteroatoms. The van der Waals surface area contributed by atoms with Crippen molar-refractivity contribution in [3.63, 3.8) is 0 Å². The number of hydrogen-bond acceptors (Lipinski definition) is 3. The Morgan fingerprint density at radius 1 is 1.00 bits per heavy atom. The number of rotatable bonds is 6. The molecule has 2 aromatic carbocycles. The number of halogens is 5. The molecule has 0 saturated heterocycles. The summed E-state index contributed by atoms with van der Waals surface area (Å²) in [5.41, 5.74) is -3.76. The summed E-state index contributed by atoms with van der Waals surface area (Å²) in [6.07, 6.45) is -1.41. The van der Waals surface area contributed by atoms with Crippen LogP contribution < -0.4 is 0 Å². The van der Waals surface area contributed by atoms with Crippen molar-refractivity contribution < 1.29 is 37.0 Å². The Morgan fingerprint density at radius 2 is 1.57 bits per heavy atom. The number of aliphatic hydroxyl groups excluding tert-OH is 1. The zero-order valence-corrected chi connectivity index (χ0v) is 19.3. The lowest BCUT2D eigenvalue weighted by atomic mass is 9.68. The van der Waals surface area contributed by atoms with Gasteiger partial charge >= 0.3 is 6.18 Å². The molecule has 2 N–H and O–H groups in total. The number of carbonyl (C=O) groups is 1. The summed E-state index contributed by atoms with van der Waals surface area (Å²) in [4.78, 5) is 15.1. The molecule has 190 valence electrons. The van der Waals surface area contributed by atoms with E-state index in [1.165, 1.54) is 24.3 Å². The Kier molecular flexibility index (Phi) is 6.70. The zero-order chi connectivity index (χ0) is 25.6. The van der Waals surface area contributed by atoms with Crippen LogP contribution in [0.4, 0.5) is 22.0 Å². The van der Waals surface area contributed by atoms with E-state index in [9.17, 15) is 37.0 Å². The van der Waals surface area contributed by atoms with Crippen molar-refractivity contribution in [3.05, 3.63) is 70.8 Å². The van der Waals surface area contributed by atoms with E-state index < -0.39 is 28.8 Å². The van der Waals surface area contributed by atoms with E-state index in [4.69, 9.17) is 0 Å². The highest BCUT2D eigenvalue weighted by atomic mass is 19.4. The number of aliphatic hydroxyl groups is 2. The van der Waals surface area contributed by atoms with E-state index >= 15 is 0 Å². The molecule has 0 aliphatic heterocycles. The molecule has 0 heterocycles. The van der Waals surface area contributed by atoms with Crippen LogP contribution in [0, 0.1) is 11.6 Å². The number of nitrogens with zero attached hydrogens (tertiary/aromatic N) is 1. The van der Waals surface area contributed by atoms with Crippen molar-refractivity contribution in [2.75, 3.05) is 6.61 Å². The van der Waals surface area contributed by atoms with Gasteiger partial charge in [-0.1, -0.05) is 18.2 Å². The van der Waals surface area contributed by atoms with E-state index in [0.29, 0.717) is 32.6 Å². The molecule has 0 aromatic heterocycles. The monoisotopic (exact) mass is 497 g/mol. The van der Waals surface area contributed by atoms with Gasteiger partial charge in [0.15, 0.2) is 5.60 Å². The third kappa shape index (κ3) is 4.80. The van der Waals surface area contributed by atoms with Crippen molar-refractivity contribution in [3.8, 4) is 0 Å². The van der Waals surface area contributed by atoms with E-state index in [1.54, 1.807) is 4.90 Å². The average Bonchev–Trinajstić information content (AvgIpc) is 3.64. The molecular formula is C26H28F5NO3. The van der Waals surface area contributed by atoms with Crippen LogP contribution in [-0.4, -0.2) is 45.9 Å². The molecule has 0 bridgehead atoms. The van der Waals surface area contributed by atoms with E-state index in [-0.39, 0.29) is 41.3 Å². The van der Waals surface area contributed by atoms with Gasteiger partial charge in [-0.3, -0.25) is 4.79 Å². The second-order valence-corrected chi connectivity index (χ2v) is 9.88. The lowest BCUT2D eigenvalue weighted by Gasteiger charge is -2.43. The average molecular weight is 498 g/mol. The lowest BCUT2D eigenvalue weighted by molar-refractivity contribution is -0.258. The van der Waals surface area contributed by atoms with Gasteiger partial charge in [0.1, 0.15) is 11.6 Å². The van der Waals surface area contributed by atoms with Crippen LogP contribution in [0.3, 0.4) is 0 Å². The fourth-order valence-corrected chi connectivity index (χ4v) is 5.10. The van der Waals surface area contributed by atoms with E-state index in [0.717, 1.165) is 31.0 Å². The first-order valence-electron chi connectivity index (χ1n) is 11.7. The quantitative estimate of drug-likeness (QED) is 0.539. The van der Waals surface area contributed by atoms with Gasteiger partial charge in [-0.25, -0.2) is 8.78 Å². The summed E-state index contributed by atoms with van der Waals surface area (Å²) in [7, 11) is 0. The third-order valence-electron chi connectivity index (χ3n) is 7.53. The Hall–Kier alpha value is -2.52. The molecule has 4 nitrogen and oxygen atoms in total. The van der Waals surface area contributed by atoms with Crippen molar-refractivity contribution in [2.45, 2.75) is 74.7 Å². The Balaban J connectivity index is 1.52. The highest BCUT2D eigenvalue weighted by Crippen LogP contribution is 2.44. The first-order chi connectivity index (χ1) is 16.4. The van der Waals surface area contributed by atoms with Crippen molar-refractivity contribution >= 4 is 5.91 Å². The van der Waals surface area contributed by atoms with Gasteiger partial charge in [0.25, 0.3) is 5.91 Å². The molecule has 2 aliphatic carbocycles. The summed E-state index contributed by atoms with van der Waals surface area (Å²) in [6, 6.07) is 8.00. The molecule has 2 fully saturated rings. The topological polar surface area (TPSA) is 60.8 Å². The third-order valence-corrected chi connectivity index (χ3v) is 7.53. The second kappa shape index (κ2) is 9.17. The van der Waals surface area contributed by atoms with Crippen LogP contribution >= 0.6 is 0 Å². The normalized spacial score (nSPS) is 24.6. The van der Waals surface area contributed by atoms with Gasteiger partial charge in [-0.2, -0.15) is 13.2 Å². The predicted molar refractivity (Wildman–Crippen MR) is 119 cm³/mol. The highest BCUT2D eigenvalue weighted by molar-refractivity contribution is 5.95. The molecular weight excluding hydrogens is 469 g/mol. The first-order valence-corrected chi connectivity index (χ1v) is 11.7. The highest BCUT2D eigenvalue weighted by Gasteiger charge is 2.51. The largest absolute Gasteiger partial charge is 0.421 e. The minimum Gasteiger partial charge on any atom is -0.395 e. The van der Waals surface area contributed by atoms with Crippen LogP contribution in [0.5, 0.6) is 0 Å². The van der Waals surface area contributed by atoms with Crippen molar-refractivity contribution in [1.29, 1.82) is 0 Å². The number of benzene rings is 2. The Morgan fingerprint density at radius 3 is 2.06 bits per heavy atom. The molecule has 1 atom stereocenters. The van der Waals surface area contributed by atoms with E-state index in [2.05, 4.69) is 0 Å². The van der Waals surface area contributed by atoms with Crippen molar-refractivity contribution in [1.82, 2.24) is 4.90 Å². The first kappa shape index (κ1) is 25.6. The predicted octanol–water partition coefficient (Wildman–Crippen LogP) is 5.21. The van der Waals surface area contributed by atoms with Crippen LogP contribution in [0.25, 0.3) is 0 Å². The summed E-state index contributed by atoms with van der Waals surface area (Å²) < 4.78 is 67.3. The van der Waals surface area contributed by atoms with E-state index in [1.807, 2.05) is 0 Å². The summed E-state index contributed by atoms with van der Waals surface area (Å²) >= 11 is 0. The Labute approximate surface area is 200 Å². The number of amides is 1. The number of alkyl halides is 3. The summed E-state index contributed by atoms with van der Waals surface area (Å²) in [5, 5.41) is 20.0. The molecule has 2 saturated carbocycles. The number of carbonyl (C=O) groups excluding carboxylic acids is 1. The van der Waals surface area contributed by atoms with Gasteiger partial charge in [0.2, 0.25) is 0 Å². The molecule has 0 unspecified atom stereocenters. The van der Waals surface area contributed by atoms with Crippen LogP contribution in [0.1, 0.15) is 66.9 Å². The maximum atomic E-state index is 14.5. The van der Waals surface area contributed by atoms with Gasteiger partial charge in [-0.05, 0) is 74.8 Å².